The Hall–Kier alpha value is -4.01. The predicted octanol–water partition coefficient (Wildman–Crippen LogP) is 4.41. The van der Waals surface area contributed by atoms with Crippen LogP contribution in [0.4, 0.5) is 11.6 Å². The Kier molecular flexibility index (Phi) is 5.83. The Morgan fingerprint density at radius 3 is 2.41 bits per heavy atom. The van der Waals surface area contributed by atoms with Crippen molar-refractivity contribution in [2.75, 3.05) is 17.4 Å². The quantitative estimate of drug-likeness (QED) is 0.435. The molecule has 8 nitrogen and oxygen atoms in total. The van der Waals surface area contributed by atoms with Crippen LogP contribution in [0, 0.1) is 6.92 Å². The average molecular weight is 473 g/mol. The molecule has 0 saturated heterocycles. The van der Waals surface area contributed by atoms with E-state index in [1.807, 2.05) is 78.2 Å². The Balaban J connectivity index is 1.66. The zero-order chi connectivity index (χ0) is 23.7. The fourth-order valence-corrected chi connectivity index (χ4v) is 3.95. The standard InChI is InChI=1S/C25H21ClN6O2/c1-16-28-29-25-31(16)21-11-7-6-10-20(21)22(17-12-14-18(26)15-13-17)30-32(25)24(33)23(34-2)27-19-8-4-3-5-9-19/h3-15,23,27H,1-2H3. The molecular weight excluding hydrogens is 452 g/mol. The number of amides is 1. The lowest BCUT2D eigenvalue weighted by Crippen LogP contribution is -2.42. The SMILES string of the molecule is COC(Nc1ccccc1)C(=O)N1N=C(c2ccc(Cl)cc2)c2ccccc2-n2c(C)nnc21. The number of nitrogens with one attached hydrogen (secondary N) is 1. The second-order valence-electron chi connectivity index (χ2n) is 7.63. The number of benzene rings is 3. The summed E-state index contributed by atoms with van der Waals surface area (Å²) >= 11 is 6.12. The van der Waals surface area contributed by atoms with Crippen LogP contribution in [-0.2, 0) is 9.53 Å². The second kappa shape index (κ2) is 9.09. The number of carbonyl (C=O) groups is 1. The predicted molar refractivity (Wildman–Crippen MR) is 132 cm³/mol. The maximum atomic E-state index is 13.8. The smallest absolute Gasteiger partial charge is 0.300 e. The lowest BCUT2D eigenvalue weighted by atomic mass is 10.0. The summed E-state index contributed by atoms with van der Waals surface area (Å²) in [6.07, 6.45) is -1.01. The summed E-state index contributed by atoms with van der Waals surface area (Å²) in [6, 6.07) is 24.4. The Labute approximate surface area is 201 Å². The summed E-state index contributed by atoms with van der Waals surface area (Å²) in [5.41, 5.74) is 3.78. The minimum atomic E-state index is -1.01. The highest BCUT2D eigenvalue weighted by atomic mass is 35.5. The number of para-hydroxylation sites is 2. The molecule has 1 amide bonds. The van der Waals surface area contributed by atoms with Gasteiger partial charge in [0.05, 0.1) is 5.69 Å². The second-order valence-corrected chi connectivity index (χ2v) is 8.07. The van der Waals surface area contributed by atoms with Gasteiger partial charge in [0.15, 0.2) is 0 Å². The first-order valence-corrected chi connectivity index (χ1v) is 11.0. The van der Waals surface area contributed by atoms with Crippen molar-refractivity contribution in [3.8, 4) is 5.69 Å². The van der Waals surface area contributed by atoms with Crippen molar-refractivity contribution in [2.45, 2.75) is 13.2 Å². The minimum Gasteiger partial charge on any atom is -0.353 e. The molecule has 1 aliphatic rings. The number of ether oxygens (including phenoxy) is 1. The van der Waals surface area contributed by atoms with Gasteiger partial charge in [-0.25, -0.2) is 0 Å². The van der Waals surface area contributed by atoms with Gasteiger partial charge in [-0.2, -0.15) is 10.1 Å². The van der Waals surface area contributed by atoms with E-state index in [0.29, 0.717) is 16.6 Å². The number of hydrogen-bond donors (Lipinski definition) is 1. The van der Waals surface area contributed by atoms with Crippen molar-refractivity contribution in [2.24, 2.45) is 5.10 Å². The van der Waals surface area contributed by atoms with Gasteiger partial charge in [0, 0.05) is 28.9 Å². The number of carbonyl (C=O) groups excluding carboxylic acids is 1. The lowest BCUT2D eigenvalue weighted by Gasteiger charge is -2.22. The number of halogens is 1. The molecule has 34 heavy (non-hydrogen) atoms. The largest absolute Gasteiger partial charge is 0.353 e. The number of hydrogen-bond acceptors (Lipinski definition) is 6. The zero-order valence-electron chi connectivity index (χ0n) is 18.5. The third kappa shape index (κ3) is 3.93. The number of methoxy groups -OCH3 is 1. The molecule has 3 aromatic carbocycles. The molecule has 5 rings (SSSR count). The third-order valence-corrected chi connectivity index (χ3v) is 5.71. The summed E-state index contributed by atoms with van der Waals surface area (Å²) < 4.78 is 7.33. The van der Waals surface area contributed by atoms with Crippen molar-refractivity contribution < 1.29 is 9.53 Å². The summed E-state index contributed by atoms with van der Waals surface area (Å²) in [5, 5.41) is 18.3. The number of hydrazone groups is 1. The molecule has 9 heteroatoms. The molecule has 0 spiro atoms. The molecule has 1 aliphatic heterocycles. The Morgan fingerprint density at radius 2 is 1.68 bits per heavy atom. The molecule has 2 heterocycles. The van der Waals surface area contributed by atoms with Crippen LogP contribution in [0.1, 0.15) is 17.0 Å². The molecule has 4 aromatic rings. The van der Waals surface area contributed by atoms with Crippen LogP contribution in [0.5, 0.6) is 0 Å². The third-order valence-electron chi connectivity index (χ3n) is 5.46. The highest BCUT2D eigenvalue weighted by Gasteiger charge is 2.34. The van der Waals surface area contributed by atoms with Crippen LogP contribution in [-0.4, -0.2) is 39.7 Å². The van der Waals surface area contributed by atoms with Crippen LogP contribution in [0.3, 0.4) is 0 Å². The molecule has 0 saturated carbocycles. The van der Waals surface area contributed by atoms with E-state index < -0.39 is 12.1 Å². The van der Waals surface area contributed by atoms with Crippen molar-refractivity contribution in [1.82, 2.24) is 14.8 Å². The van der Waals surface area contributed by atoms with E-state index in [1.165, 1.54) is 12.1 Å². The van der Waals surface area contributed by atoms with Gasteiger partial charge in [0.25, 0.3) is 11.9 Å². The van der Waals surface area contributed by atoms with E-state index in [-0.39, 0.29) is 5.95 Å². The van der Waals surface area contributed by atoms with Crippen LogP contribution in [0.15, 0.2) is 84.0 Å². The van der Waals surface area contributed by atoms with E-state index >= 15 is 0 Å². The van der Waals surface area contributed by atoms with Crippen molar-refractivity contribution in [3.05, 3.63) is 101 Å². The Bertz CT molecular complexity index is 1370. The van der Waals surface area contributed by atoms with E-state index in [2.05, 4.69) is 15.5 Å². The Morgan fingerprint density at radius 1 is 0.971 bits per heavy atom. The number of rotatable bonds is 5. The first kappa shape index (κ1) is 21.8. The first-order valence-electron chi connectivity index (χ1n) is 10.6. The molecule has 1 unspecified atom stereocenters. The fourth-order valence-electron chi connectivity index (χ4n) is 3.82. The summed E-state index contributed by atoms with van der Waals surface area (Å²) in [5.74, 6) is 0.452. The van der Waals surface area contributed by atoms with Gasteiger partial charge < -0.3 is 10.1 Å². The fraction of sp³-hybridized carbons (Fsp3) is 0.120. The molecule has 0 fully saturated rings. The first-order chi connectivity index (χ1) is 16.6. The van der Waals surface area contributed by atoms with Gasteiger partial charge in [-0.1, -0.05) is 60.1 Å². The number of anilines is 2. The van der Waals surface area contributed by atoms with Gasteiger partial charge in [0.2, 0.25) is 6.23 Å². The molecule has 1 aromatic heterocycles. The normalized spacial score (nSPS) is 13.4. The van der Waals surface area contributed by atoms with Crippen molar-refractivity contribution >= 4 is 34.9 Å². The molecule has 1 atom stereocenters. The van der Waals surface area contributed by atoms with E-state index in [9.17, 15) is 4.79 Å². The van der Waals surface area contributed by atoms with Crippen LogP contribution in [0.25, 0.3) is 5.69 Å². The number of aromatic nitrogens is 3. The maximum Gasteiger partial charge on any atom is 0.300 e. The van der Waals surface area contributed by atoms with E-state index in [1.54, 1.807) is 12.1 Å². The van der Waals surface area contributed by atoms with E-state index in [0.717, 1.165) is 22.5 Å². The molecule has 1 N–H and O–H groups in total. The topological polar surface area (TPSA) is 84.6 Å². The molecule has 0 aliphatic carbocycles. The average Bonchev–Trinajstić information content (AvgIpc) is 3.17. The van der Waals surface area contributed by atoms with E-state index in [4.69, 9.17) is 21.4 Å². The minimum absolute atomic E-state index is 0.274. The summed E-state index contributed by atoms with van der Waals surface area (Å²) in [6.45, 7) is 1.83. The lowest BCUT2D eigenvalue weighted by molar-refractivity contribution is -0.126. The zero-order valence-corrected chi connectivity index (χ0v) is 19.3. The van der Waals surface area contributed by atoms with Gasteiger partial charge in [-0.15, -0.1) is 10.2 Å². The highest BCUT2D eigenvalue weighted by Crippen LogP contribution is 2.30. The molecule has 0 radical (unpaired) electrons. The van der Waals surface area contributed by atoms with Crippen molar-refractivity contribution in [1.29, 1.82) is 0 Å². The van der Waals surface area contributed by atoms with Gasteiger partial charge in [-0.05, 0) is 37.3 Å². The van der Waals surface area contributed by atoms with Gasteiger partial charge in [-0.3, -0.25) is 9.36 Å². The van der Waals surface area contributed by atoms with Crippen LogP contribution in [0.2, 0.25) is 5.02 Å². The molecular formula is C25H21ClN6O2. The van der Waals surface area contributed by atoms with Gasteiger partial charge in [0.1, 0.15) is 11.5 Å². The summed E-state index contributed by atoms with van der Waals surface area (Å²) in [4.78, 5) is 13.8. The van der Waals surface area contributed by atoms with Crippen LogP contribution >= 0.6 is 11.6 Å². The molecule has 170 valence electrons. The van der Waals surface area contributed by atoms with Crippen LogP contribution < -0.4 is 10.3 Å². The summed E-state index contributed by atoms with van der Waals surface area (Å²) in [7, 11) is 1.46. The number of fused-ring (bicyclic) bond motifs is 3. The van der Waals surface area contributed by atoms with Crippen molar-refractivity contribution in [3.63, 3.8) is 0 Å². The number of nitrogens with zero attached hydrogens (tertiary/aromatic N) is 5. The van der Waals surface area contributed by atoms with Gasteiger partial charge >= 0.3 is 0 Å². The molecule has 0 bridgehead atoms. The monoisotopic (exact) mass is 472 g/mol. The number of aryl methyl sites for hydroxylation is 1. The highest BCUT2D eigenvalue weighted by molar-refractivity contribution is 6.30. The maximum absolute atomic E-state index is 13.8.